The Hall–Kier alpha value is -2.50. The number of aromatic nitrogens is 1. The zero-order valence-corrected chi connectivity index (χ0v) is 15.2. The Morgan fingerprint density at radius 1 is 1.12 bits per heavy atom. The predicted molar refractivity (Wildman–Crippen MR) is 102 cm³/mol. The summed E-state index contributed by atoms with van der Waals surface area (Å²) in [7, 11) is 0. The van der Waals surface area contributed by atoms with Crippen LogP contribution in [0, 0.1) is 0 Å². The predicted octanol–water partition coefficient (Wildman–Crippen LogP) is 3.99. The number of nitrogens with one attached hydrogen (secondary N) is 2. The van der Waals surface area contributed by atoms with Crippen molar-refractivity contribution in [3.05, 3.63) is 69.8 Å². The summed E-state index contributed by atoms with van der Waals surface area (Å²) < 4.78 is 4.98. The standard InChI is InChI=1S/C19H16Cl2N2O3/c20-13-5-6-15(16(21)9-13)19(25)26-11-18(24)22-8-7-12-10-23-17-4-2-1-3-14(12)17/h1-6,9-10,23H,7-8,11H2,(H,22,24). The molecule has 3 rings (SSSR count). The average Bonchev–Trinajstić information content (AvgIpc) is 3.03. The lowest BCUT2D eigenvalue weighted by atomic mass is 10.1. The average molecular weight is 391 g/mol. The van der Waals surface area contributed by atoms with E-state index in [1.165, 1.54) is 18.2 Å². The zero-order valence-electron chi connectivity index (χ0n) is 13.7. The van der Waals surface area contributed by atoms with E-state index >= 15 is 0 Å². The topological polar surface area (TPSA) is 71.2 Å². The first-order chi connectivity index (χ1) is 12.5. The van der Waals surface area contributed by atoms with E-state index in [0.717, 1.165) is 16.5 Å². The monoisotopic (exact) mass is 390 g/mol. The van der Waals surface area contributed by atoms with Crippen LogP contribution in [0.4, 0.5) is 0 Å². The van der Waals surface area contributed by atoms with Crippen molar-refractivity contribution in [1.82, 2.24) is 10.3 Å². The Morgan fingerprint density at radius 2 is 1.92 bits per heavy atom. The van der Waals surface area contributed by atoms with Crippen LogP contribution in [0.15, 0.2) is 48.7 Å². The minimum absolute atomic E-state index is 0.169. The number of carbonyl (C=O) groups is 2. The summed E-state index contributed by atoms with van der Waals surface area (Å²) in [6.45, 7) is 0.0750. The summed E-state index contributed by atoms with van der Waals surface area (Å²) in [5.74, 6) is -1.04. The molecule has 0 atom stereocenters. The van der Waals surface area contributed by atoms with Crippen molar-refractivity contribution in [3.63, 3.8) is 0 Å². The van der Waals surface area contributed by atoms with E-state index < -0.39 is 5.97 Å². The largest absolute Gasteiger partial charge is 0.452 e. The number of H-pyrrole nitrogens is 1. The van der Waals surface area contributed by atoms with Gasteiger partial charge in [0, 0.05) is 28.7 Å². The molecule has 0 saturated carbocycles. The van der Waals surface area contributed by atoms with Gasteiger partial charge >= 0.3 is 5.97 Å². The molecule has 0 bridgehead atoms. The Labute approximate surface area is 160 Å². The maximum Gasteiger partial charge on any atom is 0.340 e. The Kier molecular flexibility index (Phi) is 5.81. The highest BCUT2D eigenvalue weighted by Crippen LogP contribution is 2.21. The number of carbonyl (C=O) groups excluding carboxylic acids is 2. The molecule has 0 spiro atoms. The van der Waals surface area contributed by atoms with Crippen LogP contribution in [-0.2, 0) is 16.0 Å². The third-order valence-corrected chi connectivity index (χ3v) is 4.42. The number of benzene rings is 2. The van der Waals surface area contributed by atoms with E-state index in [9.17, 15) is 9.59 Å². The highest BCUT2D eigenvalue weighted by Gasteiger charge is 2.14. The molecule has 26 heavy (non-hydrogen) atoms. The Balaban J connectivity index is 1.46. The zero-order chi connectivity index (χ0) is 18.5. The van der Waals surface area contributed by atoms with Crippen molar-refractivity contribution in [2.45, 2.75) is 6.42 Å². The number of hydrogen-bond acceptors (Lipinski definition) is 3. The molecule has 134 valence electrons. The molecule has 5 nitrogen and oxygen atoms in total. The molecule has 1 aromatic heterocycles. The fraction of sp³-hybridized carbons (Fsp3) is 0.158. The second-order valence-electron chi connectivity index (χ2n) is 5.66. The lowest BCUT2D eigenvalue weighted by molar-refractivity contribution is -0.124. The molecule has 3 aromatic rings. The maximum atomic E-state index is 12.0. The number of para-hydroxylation sites is 1. The molecule has 1 amide bonds. The van der Waals surface area contributed by atoms with Gasteiger partial charge in [0.1, 0.15) is 0 Å². The molecule has 7 heteroatoms. The second kappa shape index (κ2) is 8.25. The maximum absolute atomic E-state index is 12.0. The van der Waals surface area contributed by atoms with E-state index in [1.54, 1.807) is 0 Å². The first-order valence-corrected chi connectivity index (χ1v) is 8.74. The van der Waals surface area contributed by atoms with Crippen LogP contribution in [0.2, 0.25) is 10.0 Å². The fourth-order valence-electron chi connectivity index (χ4n) is 2.59. The van der Waals surface area contributed by atoms with Crippen molar-refractivity contribution >= 4 is 46.0 Å². The van der Waals surface area contributed by atoms with Gasteiger partial charge in [-0.25, -0.2) is 4.79 Å². The molecule has 2 N–H and O–H groups in total. The minimum atomic E-state index is -0.668. The highest BCUT2D eigenvalue weighted by atomic mass is 35.5. The normalized spacial score (nSPS) is 10.7. The lowest BCUT2D eigenvalue weighted by Gasteiger charge is -2.07. The van der Waals surface area contributed by atoms with Gasteiger partial charge in [0.15, 0.2) is 6.61 Å². The van der Waals surface area contributed by atoms with Crippen LogP contribution in [-0.4, -0.2) is 30.0 Å². The van der Waals surface area contributed by atoms with E-state index in [0.29, 0.717) is 18.0 Å². The van der Waals surface area contributed by atoms with Crippen LogP contribution in [0.5, 0.6) is 0 Å². The Morgan fingerprint density at radius 3 is 2.73 bits per heavy atom. The second-order valence-corrected chi connectivity index (χ2v) is 6.50. The van der Waals surface area contributed by atoms with Gasteiger partial charge in [-0.05, 0) is 36.2 Å². The molecule has 0 unspecified atom stereocenters. The third-order valence-electron chi connectivity index (χ3n) is 3.88. The molecule has 1 heterocycles. The van der Waals surface area contributed by atoms with Crippen LogP contribution in [0.25, 0.3) is 10.9 Å². The van der Waals surface area contributed by atoms with E-state index in [4.69, 9.17) is 27.9 Å². The van der Waals surface area contributed by atoms with Crippen molar-refractivity contribution < 1.29 is 14.3 Å². The first-order valence-electron chi connectivity index (χ1n) is 7.98. The quantitative estimate of drug-likeness (QED) is 0.625. The summed E-state index contributed by atoms with van der Waals surface area (Å²) in [6.07, 6.45) is 2.60. The smallest absolute Gasteiger partial charge is 0.340 e. The summed E-state index contributed by atoms with van der Waals surface area (Å²) in [6, 6.07) is 12.4. The van der Waals surface area contributed by atoms with Gasteiger partial charge in [-0.3, -0.25) is 4.79 Å². The summed E-state index contributed by atoms with van der Waals surface area (Å²) in [5.41, 5.74) is 2.34. The number of aromatic amines is 1. The molecule has 0 aliphatic heterocycles. The lowest BCUT2D eigenvalue weighted by Crippen LogP contribution is -2.30. The summed E-state index contributed by atoms with van der Waals surface area (Å²) in [5, 5.41) is 4.46. The van der Waals surface area contributed by atoms with Gasteiger partial charge in [-0.2, -0.15) is 0 Å². The summed E-state index contributed by atoms with van der Waals surface area (Å²) >= 11 is 11.7. The third kappa shape index (κ3) is 4.36. The SMILES string of the molecule is O=C(COC(=O)c1ccc(Cl)cc1Cl)NCCc1c[nH]c2ccccc12. The van der Waals surface area contributed by atoms with Crippen LogP contribution < -0.4 is 5.32 Å². The van der Waals surface area contributed by atoms with E-state index in [1.807, 2.05) is 30.5 Å². The molecule has 0 aliphatic rings. The summed E-state index contributed by atoms with van der Waals surface area (Å²) in [4.78, 5) is 27.0. The number of fused-ring (bicyclic) bond motifs is 1. The number of ether oxygens (including phenoxy) is 1. The van der Waals surface area contributed by atoms with Gasteiger partial charge in [0.2, 0.25) is 0 Å². The Bertz CT molecular complexity index is 953. The number of hydrogen-bond donors (Lipinski definition) is 2. The van der Waals surface area contributed by atoms with E-state index in [2.05, 4.69) is 10.3 Å². The van der Waals surface area contributed by atoms with Gasteiger partial charge in [0.05, 0.1) is 10.6 Å². The first kappa shape index (κ1) is 18.3. The molecular formula is C19H16Cl2N2O3. The number of halogens is 2. The van der Waals surface area contributed by atoms with Gasteiger partial charge < -0.3 is 15.0 Å². The van der Waals surface area contributed by atoms with Crippen LogP contribution >= 0.6 is 23.2 Å². The number of rotatable bonds is 6. The molecule has 0 saturated heterocycles. The van der Waals surface area contributed by atoms with E-state index in [-0.39, 0.29) is 23.1 Å². The van der Waals surface area contributed by atoms with Crippen molar-refractivity contribution in [1.29, 1.82) is 0 Å². The van der Waals surface area contributed by atoms with Crippen LogP contribution in [0.1, 0.15) is 15.9 Å². The fourth-order valence-corrected chi connectivity index (χ4v) is 3.08. The molecule has 0 fully saturated rings. The minimum Gasteiger partial charge on any atom is -0.452 e. The number of amides is 1. The number of esters is 1. The molecule has 2 aromatic carbocycles. The highest BCUT2D eigenvalue weighted by molar-refractivity contribution is 6.36. The molecule has 0 aliphatic carbocycles. The van der Waals surface area contributed by atoms with Gasteiger partial charge in [-0.15, -0.1) is 0 Å². The van der Waals surface area contributed by atoms with Crippen LogP contribution in [0.3, 0.4) is 0 Å². The molecule has 0 radical (unpaired) electrons. The van der Waals surface area contributed by atoms with Gasteiger partial charge in [-0.1, -0.05) is 41.4 Å². The van der Waals surface area contributed by atoms with Crippen molar-refractivity contribution in [3.8, 4) is 0 Å². The molecular weight excluding hydrogens is 375 g/mol. The van der Waals surface area contributed by atoms with Gasteiger partial charge in [0.25, 0.3) is 5.91 Å². The van der Waals surface area contributed by atoms with Crippen molar-refractivity contribution in [2.75, 3.05) is 13.2 Å². The van der Waals surface area contributed by atoms with Crippen molar-refractivity contribution in [2.24, 2.45) is 0 Å².